The zero-order chi connectivity index (χ0) is 26.7. The van der Waals surface area contributed by atoms with Crippen LogP contribution in [0.3, 0.4) is 0 Å². The Bertz CT molecular complexity index is 1440. The van der Waals surface area contributed by atoms with Crippen molar-refractivity contribution in [3.63, 3.8) is 0 Å². The number of benzene rings is 3. The lowest BCUT2D eigenvalue weighted by Crippen LogP contribution is -2.18. The Kier molecular flexibility index (Phi) is 6.93. The van der Waals surface area contributed by atoms with E-state index in [0.29, 0.717) is 11.6 Å². The van der Waals surface area contributed by atoms with Gasteiger partial charge in [-0.15, -0.1) is 0 Å². The first kappa shape index (κ1) is 24.9. The molecule has 3 aromatic carbocycles. The number of aromatic amines is 2. The van der Waals surface area contributed by atoms with Gasteiger partial charge >= 0.3 is 0 Å². The molecule has 7 rings (SSSR count). The Morgan fingerprint density at radius 2 is 0.950 bits per heavy atom. The van der Waals surface area contributed by atoms with Crippen molar-refractivity contribution >= 4 is 0 Å². The van der Waals surface area contributed by atoms with Gasteiger partial charge in [-0.2, -0.15) is 10.2 Å². The third-order valence-corrected chi connectivity index (χ3v) is 8.01. The van der Waals surface area contributed by atoms with Crippen LogP contribution >= 0.6 is 0 Å². The molecule has 8 nitrogen and oxygen atoms in total. The van der Waals surface area contributed by atoms with E-state index in [9.17, 15) is 0 Å². The zero-order valence-electron chi connectivity index (χ0n) is 22.7. The Labute approximate surface area is 234 Å². The molecule has 0 bridgehead atoms. The first-order valence-corrected chi connectivity index (χ1v) is 14.4. The fourth-order valence-electron chi connectivity index (χ4n) is 5.77. The highest BCUT2D eigenvalue weighted by Gasteiger charge is 2.15. The summed E-state index contributed by atoms with van der Waals surface area (Å²) >= 11 is 0. The van der Waals surface area contributed by atoms with Crippen LogP contribution in [0.15, 0.2) is 72.8 Å². The van der Waals surface area contributed by atoms with Gasteiger partial charge in [-0.1, -0.05) is 66.7 Å². The molecule has 0 spiro atoms. The first-order chi connectivity index (χ1) is 19.8. The van der Waals surface area contributed by atoms with Gasteiger partial charge in [-0.3, -0.25) is 20.0 Å². The van der Waals surface area contributed by atoms with Crippen molar-refractivity contribution < 1.29 is 0 Å². The second kappa shape index (κ2) is 11.2. The number of H-pyrrole nitrogens is 2. The van der Waals surface area contributed by atoms with E-state index < -0.39 is 0 Å². The molecule has 2 aromatic heterocycles. The van der Waals surface area contributed by atoms with E-state index in [1.54, 1.807) is 0 Å². The van der Waals surface area contributed by atoms with Gasteiger partial charge in [0.15, 0.2) is 23.3 Å². The molecular formula is C32H34N8. The smallest absolute Gasteiger partial charge is 0.181 e. The molecule has 2 saturated heterocycles. The van der Waals surface area contributed by atoms with E-state index in [2.05, 4.69) is 78.7 Å². The first-order valence-electron chi connectivity index (χ1n) is 14.4. The number of nitrogens with zero attached hydrogens (tertiary/aromatic N) is 6. The summed E-state index contributed by atoms with van der Waals surface area (Å²) in [4.78, 5) is 14.6. The quantitative estimate of drug-likeness (QED) is 0.264. The topological polar surface area (TPSA) is 89.6 Å². The SMILES string of the molecule is c1cc(-c2n[nH]c(-c3ccc(CN4CCCC4)cc3)n2)cc(-c2n[nH]c(-c3ccc(CN4CCCC4)cc3)n2)c1. The fraction of sp³-hybridized carbons (Fsp3) is 0.312. The highest BCUT2D eigenvalue weighted by atomic mass is 15.2. The summed E-state index contributed by atoms with van der Waals surface area (Å²) in [6, 6.07) is 25.3. The van der Waals surface area contributed by atoms with Crippen molar-refractivity contribution in [1.82, 2.24) is 40.2 Å². The van der Waals surface area contributed by atoms with Crippen molar-refractivity contribution in [2.24, 2.45) is 0 Å². The molecule has 0 unspecified atom stereocenters. The van der Waals surface area contributed by atoms with Gasteiger partial charge in [-0.05, 0) is 69.1 Å². The Hall–Kier alpha value is -4.14. The number of likely N-dealkylation sites (tertiary alicyclic amines) is 2. The predicted molar refractivity (Wildman–Crippen MR) is 157 cm³/mol. The molecule has 2 aliphatic rings. The second-order valence-corrected chi connectivity index (χ2v) is 11.0. The number of rotatable bonds is 8. The molecule has 8 heteroatoms. The van der Waals surface area contributed by atoms with E-state index in [0.717, 1.165) is 47.0 Å². The maximum absolute atomic E-state index is 4.79. The third kappa shape index (κ3) is 5.46. The number of hydrogen-bond acceptors (Lipinski definition) is 6. The minimum atomic E-state index is 0.655. The molecule has 40 heavy (non-hydrogen) atoms. The summed E-state index contributed by atoms with van der Waals surface area (Å²) in [5.41, 5.74) is 6.57. The lowest BCUT2D eigenvalue weighted by molar-refractivity contribution is 0.331. The Balaban J connectivity index is 1.04. The molecule has 2 N–H and O–H groups in total. The zero-order valence-corrected chi connectivity index (χ0v) is 22.7. The van der Waals surface area contributed by atoms with Gasteiger partial charge in [0.05, 0.1) is 0 Å². The van der Waals surface area contributed by atoms with Crippen LogP contribution in [0.25, 0.3) is 45.6 Å². The van der Waals surface area contributed by atoms with Crippen molar-refractivity contribution in [3.8, 4) is 45.6 Å². The van der Waals surface area contributed by atoms with Crippen LogP contribution in [-0.2, 0) is 13.1 Å². The largest absolute Gasteiger partial charge is 0.299 e. The summed E-state index contributed by atoms with van der Waals surface area (Å²) in [6.07, 6.45) is 5.24. The third-order valence-electron chi connectivity index (χ3n) is 8.01. The van der Waals surface area contributed by atoms with E-state index >= 15 is 0 Å². The van der Waals surface area contributed by atoms with Crippen molar-refractivity contribution in [1.29, 1.82) is 0 Å². The molecule has 2 aliphatic heterocycles. The Morgan fingerprint density at radius 3 is 1.38 bits per heavy atom. The molecule has 0 aliphatic carbocycles. The number of nitrogens with one attached hydrogen (secondary N) is 2. The lowest BCUT2D eigenvalue weighted by atomic mass is 10.1. The summed E-state index contributed by atoms with van der Waals surface area (Å²) in [5.74, 6) is 2.84. The summed E-state index contributed by atoms with van der Waals surface area (Å²) < 4.78 is 0. The number of hydrogen-bond donors (Lipinski definition) is 2. The van der Waals surface area contributed by atoms with Crippen molar-refractivity contribution in [2.75, 3.05) is 26.2 Å². The van der Waals surface area contributed by atoms with Crippen LogP contribution in [0.4, 0.5) is 0 Å². The second-order valence-electron chi connectivity index (χ2n) is 11.0. The van der Waals surface area contributed by atoms with Crippen molar-refractivity contribution in [2.45, 2.75) is 38.8 Å². The molecule has 0 atom stereocenters. The standard InChI is InChI=1S/C32H34N8/c1-2-17-39(16-1)21-23-8-12-25(13-9-23)29-33-31(37-35-29)27-6-5-7-28(20-27)32-34-30(36-38-32)26-14-10-24(11-15-26)22-40-18-3-4-19-40/h5-15,20H,1-4,16-19,21-22H2,(H,33,35,37)(H,34,36,38). The fourth-order valence-corrected chi connectivity index (χ4v) is 5.77. The molecule has 0 saturated carbocycles. The van der Waals surface area contributed by atoms with Crippen LogP contribution < -0.4 is 0 Å². The molecule has 0 amide bonds. The summed E-state index contributed by atoms with van der Waals surface area (Å²) in [5, 5.41) is 15.2. The van der Waals surface area contributed by atoms with Gasteiger partial charge in [-0.25, -0.2) is 9.97 Å². The molecule has 4 heterocycles. The highest BCUT2D eigenvalue weighted by Crippen LogP contribution is 2.26. The van der Waals surface area contributed by atoms with Crippen LogP contribution in [0.1, 0.15) is 36.8 Å². The van der Waals surface area contributed by atoms with E-state index in [1.165, 1.54) is 63.0 Å². The van der Waals surface area contributed by atoms with Crippen LogP contribution in [-0.4, -0.2) is 66.3 Å². The van der Waals surface area contributed by atoms with Gasteiger partial charge in [0.25, 0.3) is 0 Å². The normalized spacial score (nSPS) is 16.2. The maximum atomic E-state index is 4.79. The van der Waals surface area contributed by atoms with Crippen molar-refractivity contribution in [3.05, 3.63) is 83.9 Å². The van der Waals surface area contributed by atoms with Crippen LogP contribution in [0, 0.1) is 0 Å². The average Bonchev–Trinajstić information content (AvgIpc) is 3.82. The van der Waals surface area contributed by atoms with Gasteiger partial charge in [0.2, 0.25) is 0 Å². The van der Waals surface area contributed by atoms with Crippen LogP contribution in [0.2, 0.25) is 0 Å². The number of aromatic nitrogens is 6. The highest BCUT2D eigenvalue weighted by molar-refractivity contribution is 5.69. The molecule has 0 radical (unpaired) electrons. The molecular weight excluding hydrogens is 496 g/mol. The van der Waals surface area contributed by atoms with E-state index in [1.807, 2.05) is 24.3 Å². The molecule has 5 aromatic rings. The van der Waals surface area contributed by atoms with E-state index in [4.69, 9.17) is 9.97 Å². The predicted octanol–water partition coefficient (Wildman–Crippen LogP) is 5.78. The average molecular weight is 531 g/mol. The summed E-state index contributed by atoms with van der Waals surface area (Å²) in [7, 11) is 0. The minimum Gasteiger partial charge on any atom is -0.299 e. The van der Waals surface area contributed by atoms with Gasteiger partial charge in [0, 0.05) is 35.3 Å². The lowest BCUT2D eigenvalue weighted by Gasteiger charge is -2.14. The van der Waals surface area contributed by atoms with Crippen LogP contribution in [0.5, 0.6) is 0 Å². The minimum absolute atomic E-state index is 0.655. The molecule has 202 valence electrons. The summed E-state index contributed by atoms with van der Waals surface area (Å²) in [6.45, 7) is 6.84. The van der Waals surface area contributed by atoms with Gasteiger partial charge in [0.1, 0.15) is 0 Å². The molecule has 2 fully saturated rings. The maximum Gasteiger partial charge on any atom is 0.181 e. The van der Waals surface area contributed by atoms with E-state index in [-0.39, 0.29) is 0 Å². The Morgan fingerprint density at radius 1 is 0.525 bits per heavy atom. The van der Waals surface area contributed by atoms with Gasteiger partial charge < -0.3 is 0 Å². The monoisotopic (exact) mass is 530 g/mol.